The molecule has 2 rings (SSSR count). The second-order valence-corrected chi connectivity index (χ2v) is 5.62. The molecule has 0 radical (unpaired) electrons. The molecule has 0 bridgehead atoms. The summed E-state index contributed by atoms with van der Waals surface area (Å²) in [5.74, 6) is 1.13. The minimum Gasteiger partial charge on any atom is -0.342 e. The van der Waals surface area contributed by atoms with Crippen molar-refractivity contribution in [2.75, 3.05) is 0 Å². The molecule has 2 N–H and O–H groups in total. The van der Waals surface area contributed by atoms with Crippen molar-refractivity contribution in [1.29, 1.82) is 0 Å². The number of carbonyl (C=O) groups is 1. The SMILES string of the molecule is CCC(CC)=C1C=C(Br)C=C(NC(=O)C2CC2)N1. The molecule has 18 heavy (non-hydrogen) atoms. The Labute approximate surface area is 117 Å². The van der Waals surface area contributed by atoms with Crippen molar-refractivity contribution in [1.82, 2.24) is 10.6 Å². The molecule has 0 aromatic heterocycles. The number of nitrogens with one attached hydrogen (secondary N) is 2. The van der Waals surface area contributed by atoms with E-state index in [4.69, 9.17) is 0 Å². The van der Waals surface area contributed by atoms with Gasteiger partial charge in [-0.2, -0.15) is 0 Å². The molecule has 0 saturated heterocycles. The third kappa shape index (κ3) is 3.25. The van der Waals surface area contributed by atoms with Gasteiger partial charge in [-0.05, 0) is 43.4 Å². The summed E-state index contributed by atoms with van der Waals surface area (Å²) in [4.78, 5) is 11.8. The Morgan fingerprint density at radius 1 is 1.39 bits per heavy atom. The normalized spacial score (nSPS) is 18.7. The van der Waals surface area contributed by atoms with E-state index in [0.29, 0.717) is 0 Å². The highest BCUT2D eigenvalue weighted by molar-refractivity contribution is 9.11. The van der Waals surface area contributed by atoms with E-state index in [1.54, 1.807) is 0 Å². The number of halogens is 1. The highest BCUT2D eigenvalue weighted by atomic mass is 79.9. The van der Waals surface area contributed by atoms with Crippen LogP contribution in [0.1, 0.15) is 39.5 Å². The molecule has 0 atom stereocenters. The first-order chi connectivity index (χ1) is 8.63. The lowest BCUT2D eigenvalue weighted by Crippen LogP contribution is -2.33. The van der Waals surface area contributed by atoms with Crippen LogP contribution in [0.5, 0.6) is 0 Å². The molecule has 0 spiro atoms. The minimum absolute atomic E-state index is 0.129. The lowest BCUT2D eigenvalue weighted by Gasteiger charge is -2.20. The van der Waals surface area contributed by atoms with Gasteiger partial charge in [0.05, 0.1) is 0 Å². The maximum absolute atomic E-state index is 11.8. The molecule has 1 aliphatic heterocycles. The van der Waals surface area contributed by atoms with Crippen LogP contribution in [0.4, 0.5) is 0 Å². The summed E-state index contributed by atoms with van der Waals surface area (Å²) >= 11 is 3.50. The van der Waals surface area contributed by atoms with Gasteiger partial charge >= 0.3 is 0 Å². The van der Waals surface area contributed by atoms with Gasteiger partial charge in [-0.1, -0.05) is 29.8 Å². The van der Waals surface area contributed by atoms with Crippen molar-refractivity contribution in [2.45, 2.75) is 39.5 Å². The van der Waals surface area contributed by atoms with Gasteiger partial charge in [-0.3, -0.25) is 4.79 Å². The fraction of sp³-hybridized carbons (Fsp3) is 0.500. The van der Waals surface area contributed by atoms with Gasteiger partial charge in [0.15, 0.2) is 0 Å². The quantitative estimate of drug-likeness (QED) is 0.836. The predicted molar refractivity (Wildman–Crippen MR) is 76.7 cm³/mol. The number of allylic oxidation sites excluding steroid dienone is 4. The molecule has 0 aromatic rings. The standard InChI is InChI=1S/C14H19BrN2O/c1-3-9(4-2)12-7-11(15)8-13(16-12)17-14(18)10-5-6-10/h7-8,10,16H,3-6H2,1-2H3,(H,17,18). The molecule has 4 heteroatoms. The van der Waals surface area contributed by atoms with E-state index < -0.39 is 0 Å². The molecule has 1 fully saturated rings. The van der Waals surface area contributed by atoms with Gasteiger partial charge in [0.1, 0.15) is 5.82 Å². The van der Waals surface area contributed by atoms with Crippen molar-refractivity contribution < 1.29 is 4.79 Å². The number of hydrogen-bond acceptors (Lipinski definition) is 2. The maximum Gasteiger partial charge on any atom is 0.228 e. The largest absolute Gasteiger partial charge is 0.342 e. The Hall–Kier alpha value is -1.03. The first kappa shape index (κ1) is 13.4. The summed E-state index contributed by atoms with van der Waals surface area (Å²) in [6.07, 6.45) is 8.04. The van der Waals surface area contributed by atoms with Crippen LogP contribution in [-0.4, -0.2) is 5.91 Å². The smallest absolute Gasteiger partial charge is 0.228 e. The van der Waals surface area contributed by atoms with E-state index in [1.807, 2.05) is 6.08 Å². The zero-order valence-corrected chi connectivity index (χ0v) is 12.4. The van der Waals surface area contributed by atoms with Crippen molar-refractivity contribution in [3.05, 3.63) is 33.7 Å². The van der Waals surface area contributed by atoms with Gasteiger partial charge in [-0.25, -0.2) is 0 Å². The predicted octanol–water partition coefficient (Wildman–Crippen LogP) is 3.31. The lowest BCUT2D eigenvalue weighted by molar-refractivity contribution is -0.121. The number of amides is 1. The highest BCUT2D eigenvalue weighted by Gasteiger charge is 2.30. The Kier molecular flexibility index (Phi) is 4.27. The van der Waals surface area contributed by atoms with Gasteiger partial charge in [0.2, 0.25) is 5.91 Å². The first-order valence-electron chi connectivity index (χ1n) is 6.52. The Morgan fingerprint density at radius 2 is 2.06 bits per heavy atom. The van der Waals surface area contributed by atoms with Gasteiger partial charge in [-0.15, -0.1) is 0 Å². The van der Waals surface area contributed by atoms with Crippen molar-refractivity contribution in [2.24, 2.45) is 5.92 Å². The molecular weight excluding hydrogens is 292 g/mol. The van der Waals surface area contributed by atoms with E-state index >= 15 is 0 Å². The van der Waals surface area contributed by atoms with Crippen LogP contribution >= 0.6 is 15.9 Å². The topological polar surface area (TPSA) is 41.1 Å². The number of dihydropyridines is 1. The third-order valence-corrected chi connectivity index (χ3v) is 3.73. The molecule has 1 heterocycles. The molecule has 1 amide bonds. The van der Waals surface area contributed by atoms with Crippen molar-refractivity contribution >= 4 is 21.8 Å². The van der Waals surface area contributed by atoms with E-state index in [0.717, 1.165) is 41.7 Å². The van der Waals surface area contributed by atoms with Gasteiger partial charge in [0.25, 0.3) is 0 Å². The second kappa shape index (κ2) is 5.74. The minimum atomic E-state index is 0.129. The van der Waals surface area contributed by atoms with Crippen LogP contribution < -0.4 is 10.6 Å². The van der Waals surface area contributed by atoms with Crippen LogP contribution in [-0.2, 0) is 4.79 Å². The molecule has 98 valence electrons. The molecule has 2 aliphatic rings. The van der Waals surface area contributed by atoms with Crippen molar-refractivity contribution in [3.8, 4) is 0 Å². The maximum atomic E-state index is 11.8. The summed E-state index contributed by atoms with van der Waals surface area (Å²) in [5.41, 5.74) is 2.46. The number of carbonyl (C=O) groups excluding carboxylic acids is 1. The Bertz CT molecular complexity index is 439. The Balaban J connectivity index is 2.11. The highest BCUT2D eigenvalue weighted by Crippen LogP contribution is 2.29. The van der Waals surface area contributed by atoms with Crippen molar-refractivity contribution in [3.63, 3.8) is 0 Å². The average Bonchev–Trinajstić information content (AvgIpc) is 3.13. The second-order valence-electron chi connectivity index (χ2n) is 4.70. The fourth-order valence-electron chi connectivity index (χ4n) is 2.00. The monoisotopic (exact) mass is 310 g/mol. The van der Waals surface area contributed by atoms with Crippen LogP contribution in [0, 0.1) is 5.92 Å². The zero-order valence-electron chi connectivity index (χ0n) is 10.8. The van der Waals surface area contributed by atoms with Gasteiger partial charge in [0, 0.05) is 16.1 Å². The van der Waals surface area contributed by atoms with E-state index in [9.17, 15) is 4.79 Å². The van der Waals surface area contributed by atoms with E-state index in [1.165, 1.54) is 5.57 Å². The molecular formula is C14H19BrN2O. The van der Waals surface area contributed by atoms with E-state index in [-0.39, 0.29) is 11.8 Å². The molecule has 3 nitrogen and oxygen atoms in total. The lowest BCUT2D eigenvalue weighted by atomic mass is 10.1. The third-order valence-electron chi connectivity index (χ3n) is 3.27. The summed E-state index contributed by atoms with van der Waals surface area (Å²) in [6.45, 7) is 4.30. The zero-order chi connectivity index (χ0) is 13.1. The molecule has 0 unspecified atom stereocenters. The van der Waals surface area contributed by atoms with Gasteiger partial charge < -0.3 is 10.6 Å². The molecule has 1 saturated carbocycles. The molecule has 1 aliphatic carbocycles. The van der Waals surface area contributed by atoms with E-state index in [2.05, 4.69) is 46.5 Å². The van der Waals surface area contributed by atoms with Crippen LogP contribution in [0.25, 0.3) is 0 Å². The molecule has 0 aromatic carbocycles. The summed E-state index contributed by atoms with van der Waals surface area (Å²) in [7, 11) is 0. The number of rotatable bonds is 4. The average molecular weight is 311 g/mol. The fourth-order valence-corrected chi connectivity index (χ4v) is 2.46. The summed E-state index contributed by atoms with van der Waals surface area (Å²) < 4.78 is 0.988. The first-order valence-corrected chi connectivity index (χ1v) is 7.32. The van der Waals surface area contributed by atoms with Crippen LogP contribution in [0.15, 0.2) is 33.7 Å². The van der Waals surface area contributed by atoms with Crippen LogP contribution in [0.3, 0.4) is 0 Å². The Morgan fingerprint density at radius 3 is 2.61 bits per heavy atom. The summed E-state index contributed by atoms with van der Waals surface area (Å²) in [5, 5.41) is 6.25. The number of hydrogen-bond donors (Lipinski definition) is 2. The summed E-state index contributed by atoms with van der Waals surface area (Å²) in [6, 6.07) is 0. The van der Waals surface area contributed by atoms with Crippen LogP contribution in [0.2, 0.25) is 0 Å².